The van der Waals surface area contributed by atoms with Gasteiger partial charge in [-0.05, 0) is 55.7 Å². The van der Waals surface area contributed by atoms with Crippen molar-refractivity contribution in [2.75, 3.05) is 7.11 Å². The van der Waals surface area contributed by atoms with Gasteiger partial charge < -0.3 is 9.30 Å². The predicted molar refractivity (Wildman–Crippen MR) is 88.7 cm³/mol. The second-order valence-corrected chi connectivity index (χ2v) is 5.48. The van der Waals surface area contributed by atoms with Crippen molar-refractivity contribution in [3.05, 3.63) is 59.3 Å². The average molecular weight is 279 g/mol. The van der Waals surface area contributed by atoms with Crippen LogP contribution >= 0.6 is 0 Å². The summed E-state index contributed by atoms with van der Waals surface area (Å²) in [4.78, 5) is 0. The molecular formula is C19H21NO. The number of para-hydroxylation sites is 1. The van der Waals surface area contributed by atoms with Crippen molar-refractivity contribution in [2.45, 2.75) is 27.2 Å². The zero-order chi connectivity index (χ0) is 15.0. The summed E-state index contributed by atoms with van der Waals surface area (Å²) in [5.74, 6) is 0.903. The van der Waals surface area contributed by atoms with Crippen LogP contribution in [-0.2, 0) is 6.42 Å². The average Bonchev–Trinajstić information content (AvgIpc) is 2.81. The summed E-state index contributed by atoms with van der Waals surface area (Å²) in [6.45, 7) is 6.56. The summed E-state index contributed by atoms with van der Waals surface area (Å²) in [7, 11) is 1.71. The van der Waals surface area contributed by atoms with Crippen LogP contribution in [0.2, 0.25) is 0 Å². The predicted octanol–water partition coefficient (Wildman–Crippen LogP) is 4.82. The zero-order valence-corrected chi connectivity index (χ0v) is 13.1. The van der Waals surface area contributed by atoms with Crippen molar-refractivity contribution in [3.63, 3.8) is 0 Å². The van der Waals surface area contributed by atoms with Crippen LogP contribution < -0.4 is 4.74 Å². The molecule has 0 radical (unpaired) electrons. The van der Waals surface area contributed by atoms with E-state index in [1.54, 1.807) is 7.11 Å². The number of fused-ring (bicyclic) bond motifs is 1. The molecule has 0 spiro atoms. The number of ether oxygens (including phenoxy) is 1. The molecule has 0 saturated heterocycles. The third-order valence-corrected chi connectivity index (χ3v) is 4.12. The number of rotatable bonds is 3. The molecule has 2 heteroatoms. The first-order chi connectivity index (χ1) is 10.2. The molecule has 0 amide bonds. The highest BCUT2D eigenvalue weighted by atomic mass is 16.5. The summed E-state index contributed by atoms with van der Waals surface area (Å²) in [5.41, 5.74) is 6.49. The highest BCUT2D eigenvalue weighted by Gasteiger charge is 2.13. The van der Waals surface area contributed by atoms with Gasteiger partial charge in [0.1, 0.15) is 5.75 Å². The number of aromatic nitrogens is 1. The first kappa shape index (κ1) is 13.7. The van der Waals surface area contributed by atoms with Crippen LogP contribution in [0.5, 0.6) is 5.75 Å². The molecule has 0 saturated carbocycles. The number of aryl methyl sites for hydroxylation is 3. The third kappa shape index (κ3) is 2.21. The summed E-state index contributed by atoms with van der Waals surface area (Å²) >= 11 is 0. The van der Waals surface area contributed by atoms with E-state index in [1.165, 1.54) is 33.4 Å². The normalized spacial score (nSPS) is 11.0. The maximum Gasteiger partial charge on any atom is 0.119 e. The standard InChI is InChI=1S/C19H21NO/c1-5-15-8-6-7-13(2)19(15)20-14(3)11-16-12-17(21-4)9-10-18(16)20/h6-12H,5H2,1-4H3. The molecule has 0 atom stereocenters. The molecule has 0 N–H and O–H groups in total. The maximum absolute atomic E-state index is 5.34. The van der Waals surface area contributed by atoms with Gasteiger partial charge in [-0.3, -0.25) is 0 Å². The monoisotopic (exact) mass is 279 g/mol. The molecule has 21 heavy (non-hydrogen) atoms. The van der Waals surface area contributed by atoms with Gasteiger partial charge in [0.2, 0.25) is 0 Å². The Morgan fingerprint density at radius 1 is 1.05 bits per heavy atom. The molecule has 0 aliphatic carbocycles. The van der Waals surface area contributed by atoms with Crippen LogP contribution in [-0.4, -0.2) is 11.7 Å². The van der Waals surface area contributed by atoms with Crippen molar-refractivity contribution in [1.29, 1.82) is 0 Å². The van der Waals surface area contributed by atoms with Crippen LogP contribution in [0.4, 0.5) is 0 Å². The fraction of sp³-hybridized carbons (Fsp3) is 0.263. The van der Waals surface area contributed by atoms with Gasteiger partial charge in [0, 0.05) is 11.1 Å². The first-order valence-electron chi connectivity index (χ1n) is 7.40. The van der Waals surface area contributed by atoms with E-state index in [1.807, 2.05) is 6.07 Å². The van der Waals surface area contributed by atoms with Crippen LogP contribution in [0.15, 0.2) is 42.5 Å². The minimum atomic E-state index is 0.903. The molecule has 3 rings (SSSR count). The van der Waals surface area contributed by atoms with E-state index in [0.29, 0.717) is 0 Å². The molecule has 108 valence electrons. The van der Waals surface area contributed by atoms with Crippen molar-refractivity contribution < 1.29 is 4.74 Å². The van der Waals surface area contributed by atoms with Crippen molar-refractivity contribution in [3.8, 4) is 11.4 Å². The molecular weight excluding hydrogens is 258 g/mol. The number of nitrogens with zero attached hydrogens (tertiary/aromatic N) is 1. The summed E-state index contributed by atoms with van der Waals surface area (Å²) in [6.07, 6.45) is 1.03. The Balaban J connectivity index is 2.33. The molecule has 1 heterocycles. The van der Waals surface area contributed by atoms with E-state index >= 15 is 0 Å². The minimum Gasteiger partial charge on any atom is -0.497 e. The molecule has 0 fully saturated rings. The zero-order valence-electron chi connectivity index (χ0n) is 13.1. The molecule has 0 aliphatic rings. The van der Waals surface area contributed by atoms with Crippen molar-refractivity contribution in [1.82, 2.24) is 4.57 Å². The topological polar surface area (TPSA) is 14.2 Å². The summed E-state index contributed by atoms with van der Waals surface area (Å²) in [5, 5.41) is 1.22. The Labute approximate surface area is 126 Å². The van der Waals surface area contributed by atoms with Gasteiger partial charge in [0.15, 0.2) is 0 Å². The fourth-order valence-electron chi connectivity index (χ4n) is 3.08. The largest absolute Gasteiger partial charge is 0.497 e. The van der Waals surface area contributed by atoms with Gasteiger partial charge in [0.05, 0.1) is 18.3 Å². The van der Waals surface area contributed by atoms with Crippen LogP contribution in [0.1, 0.15) is 23.7 Å². The van der Waals surface area contributed by atoms with Gasteiger partial charge in [-0.25, -0.2) is 0 Å². The lowest BCUT2D eigenvalue weighted by molar-refractivity contribution is 0.415. The molecule has 2 aromatic carbocycles. The highest BCUT2D eigenvalue weighted by molar-refractivity contribution is 5.85. The Morgan fingerprint density at radius 3 is 2.57 bits per heavy atom. The number of hydrogen-bond donors (Lipinski definition) is 0. The second kappa shape index (κ2) is 5.28. The Bertz CT molecular complexity index is 799. The molecule has 2 nitrogen and oxygen atoms in total. The third-order valence-electron chi connectivity index (χ3n) is 4.12. The SMILES string of the molecule is CCc1cccc(C)c1-n1c(C)cc2cc(OC)ccc21. The number of methoxy groups -OCH3 is 1. The van der Waals surface area contributed by atoms with E-state index < -0.39 is 0 Å². The van der Waals surface area contributed by atoms with Crippen LogP contribution in [0.3, 0.4) is 0 Å². The lowest BCUT2D eigenvalue weighted by Crippen LogP contribution is -2.03. The molecule has 1 aromatic heterocycles. The number of benzene rings is 2. The maximum atomic E-state index is 5.34. The Morgan fingerprint density at radius 2 is 1.86 bits per heavy atom. The van der Waals surface area contributed by atoms with Gasteiger partial charge in [0.25, 0.3) is 0 Å². The molecule has 0 aliphatic heterocycles. The van der Waals surface area contributed by atoms with E-state index in [-0.39, 0.29) is 0 Å². The van der Waals surface area contributed by atoms with E-state index in [9.17, 15) is 0 Å². The van der Waals surface area contributed by atoms with Crippen LogP contribution in [0.25, 0.3) is 16.6 Å². The first-order valence-corrected chi connectivity index (χ1v) is 7.40. The quantitative estimate of drug-likeness (QED) is 0.670. The summed E-state index contributed by atoms with van der Waals surface area (Å²) < 4.78 is 7.70. The van der Waals surface area contributed by atoms with Crippen molar-refractivity contribution >= 4 is 10.9 Å². The lowest BCUT2D eigenvalue weighted by Gasteiger charge is -2.16. The molecule has 0 unspecified atom stereocenters. The second-order valence-electron chi connectivity index (χ2n) is 5.48. The van der Waals surface area contributed by atoms with E-state index in [4.69, 9.17) is 4.74 Å². The van der Waals surface area contributed by atoms with Gasteiger partial charge >= 0.3 is 0 Å². The molecule has 0 bridgehead atoms. The van der Waals surface area contributed by atoms with E-state index in [2.05, 4.69) is 61.7 Å². The lowest BCUT2D eigenvalue weighted by atomic mass is 10.1. The summed E-state index contributed by atoms with van der Waals surface area (Å²) in [6, 6.07) is 15.0. The fourth-order valence-corrected chi connectivity index (χ4v) is 3.08. The highest BCUT2D eigenvalue weighted by Crippen LogP contribution is 2.30. The van der Waals surface area contributed by atoms with Crippen molar-refractivity contribution in [2.24, 2.45) is 0 Å². The Hall–Kier alpha value is -2.22. The minimum absolute atomic E-state index is 0.903. The van der Waals surface area contributed by atoms with Gasteiger partial charge in [-0.15, -0.1) is 0 Å². The smallest absolute Gasteiger partial charge is 0.119 e. The van der Waals surface area contributed by atoms with E-state index in [0.717, 1.165) is 12.2 Å². The molecule has 3 aromatic rings. The Kier molecular flexibility index (Phi) is 3.46. The van der Waals surface area contributed by atoms with Gasteiger partial charge in [-0.2, -0.15) is 0 Å². The number of hydrogen-bond acceptors (Lipinski definition) is 1. The van der Waals surface area contributed by atoms with Crippen LogP contribution in [0, 0.1) is 13.8 Å². The van der Waals surface area contributed by atoms with Gasteiger partial charge in [-0.1, -0.05) is 25.1 Å².